The average molecular weight is 372 g/mol. The first kappa shape index (κ1) is 17.8. The van der Waals surface area contributed by atoms with Gasteiger partial charge < -0.3 is 24.5 Å². The van der Waals surface area contributed by atoms with Gasteiger partial charge in [0.1, 0.15) is 6.10 Å². The molecule has 1 atom stereocenters. The number of nitrogens with one attached hydrogen (secondary N) is 2. The number of fused-ring (bicyclic) bond motifs is 1. The summed E-state index contributed by atoms with van der Waals surface area (Å²) in [6.45, 7) is 3.07. The molecule has 0 radical (unpaired) electrons. The highest BCUT2D eigenvalue weighted by molar-refractivity contribution is 5.83. The molecule has 2 amide bonds. The fraction of sp³-hybridized carbons (Fsp3) is 0.526. The first-order valence-electron chi connectivity index (χ1n) is 9.49. The second-order valence-electron chi connectivity index (χ2n) is 7.20. The number of hydrogen-bond acceptors (Lipinski definition) is 4. The summed E-state index contributed by atoms with van der Waals surface area (Å²) in [6, 6.07) is 5.49. The van der Waals surface area contributed by atoms with Crippen LogP contribution in [0.5, 0.6) is 0 Å². The lowest BCUT2D eigenvalue weighted by molar-refractivity contribution is -0.141. The summed E-state index contributed by atoms with van der Waals surface area (Å²) in [5.74, 6) is 0.0994. The Kier molecular flexibility index (Phi) is 4.98. The Balaban J connectivity index is 1.37. The molecule has 8 heteroatoms. The largest absolute Gasteiger partial charge is 0.368 e. The van der Waals surface area contributed by atoms with Gasteiger partial charge in [-0.2, -0.15) is 0 Å². The van der Waals surface area contributed by atoms with Gasteiger partial charge in [0.2, 0.25) is 5.91 Å². The zero-order valence-electron chi connectivity index (χ0n) is 15.2. The van der Waals surface area contributed by atoms with Gasteiger partial charge in [-0.3, -0.25) is 9.59 Å². The molecule has 0 spiro atoms. The number of ether oxygens (including phenoxy) is 1. The molecule has 8 nitrogen and oxygen atoms in total. The van der Waals surface area contributed by atoms with E-state index in [4.69, 9.17) is 4.74 Å². The number of nitrogens with zero attached hydrogens (tertiary/aromatic N) is 2. The smallest absolute Gasteiger partial charge is 0.323 e. The monoisotopic (exact) mass is 372 g/mol. The van der Waals surface area contributed by atoms with E-state index >= 15 is 0 Å². The van der Waals surface area contributed by atoms with Crippen molar-refractivity contribution in [2.45, 2.75) is 31.8 Å². The van der Waals surface area contributed by atoms with Crippen molar-refractivity contribution in [2.75, 3.05) is 32.8 Å². The average Bonchev–Trinajstić information content (AvgIpc) is 3.23. The van der Waals surface area contributed by atoms with Gasteiger partial charge in [0.25, 0.3) is 5.91 Å². The van der Waals surface area contributed by atoms with E-state index in [0.717, 1.165) is 30.3 Å². The molecule has 2 saturated heterocycles. The van der Waals surface area contributed by atoms with Crippen LogP contribution in [-0.2, 0) is 20.7 Å². The number of benzene rings is 1. The van der Waals surface area contributed by atoms with Crippen molar-refractivity contribution in [3.05, 3.63) is 34.2 Å². The SMILES string of the molecule is O=C(Cc1ccc2[nH]c(=O)[nH]c2c1)N1CCCN(C(=O)C2CCCO2)CC1. The van der Waals surface area contributed by atoms with E-state index in [0.29, 0.717) is 38.3 Å². The predicted molar refractivity (Wildman–Crippen MR) is 99.4 cm³/mol. The summed E-state index contributed by atoms with van der Waals surface area (Å²) >= 11 is 0. The minimum absolute atomic E-state index is 0.0404. The molecule has 2 aliphatic heterocycles. The van der Waals surface area contributed by atoms with Crippen LogP contribution in [0.2, 0.25) is 0 Å². The van der Waals surface area contributed by atoms with Crippen LogP contribution in [0.4, 0.5) is 0 Å². The molecular formula is C19H24N4O4. The molecule has 0 aliphatic carbocycles. The topological polar surface area (TPSA) is 98.5 Å². The number of rotatable bonds is 3. The molecule has 144 valence electrons. The molecule has 27 heavy (non-hydrogen) atoms. The Labute approximate surface area is 156 Å². The molecule has 2 aliphatic rings. The van der Waals surface area contributed by atoms with Crippen molar-refractivity contribution in [3.8, 4) is 0 Å². The fourth-order valence-electron chi connectivity index (χ4n) is 3.84. The highest BCUT2D eigenvalue weighted by Crippen LogP contribution is 2.17. The predicted octanol–water partition coefficient (Wildman–Crippen LogP) is 0.639. The van der Waals surface area contributed by atoms with Crippen molar-refractivity contribution >= 4 is 22.8 Å². The molecule has 0 saturated carbocycles. The number of amides is 2. The molecule has 4 rings (SSSR count). The van der Waals surface area contributed by atoms with Crippen molar-refractivity contribution < 1.29 is 14.3 Å². The second-order valence-corrected chi connectivity index (χ2v) is 7.20. The lowest BCUT2D eigenvalue weighted by Gasteiger charge is -2.24. The third-order valence-electron chi connectivity index (χ3n) is 5.30. The van der Waals surface area contributed by atoms with Crippen molar-refractivity contribution in [1.82, 2.24) is 19.8 Å². The van der Waals surface area contributed by atoms with Crippen molar-refractivity contribution in [1.29, 1.82) is 0 Å². The zero-order valence-corrected chi connectivity index (χ0v) is 15.2. The normalized spacial score (nSPS) is 20.8. The molecule has 0 bridgehead atoms. The fourth-order valence-corrected chi connectivity index (χ4v) is 3.84. The van der Waals surface area contributed by atoms with Crippen molar-refractivity contribution in [2.24, 2.45) is 0 Å². The van der Waals surface area contributed by atoms with Crippen LogP contribution in [0.25, 0.3) is 11.0 Å². The van der Waals surface area contributed by atoms with Crippen LogP contribution in [0.1, 0.15) is 24.8 Å². The van der Waals surface area contributed by atoms with Crippen LogP contribution in [0.3, 0.4) is 0 Å². The highest BCUT2D eigenvalue weighted by atomic mass is 16.5. The van der Waals surface area contributed by atoms with Gasteiger partial charge in [-0.15, -0.1) is 0 Å². The number of imidazole rings is 1. The Bertz CT molecular complexity index is 896. The zero-order chi connectivity index (χ0) is 18.8. The third kappa shape index (κ3) is 3.90. The standard InChI is InChI=1S/C19H24N4O4/c24-17(12-13-4-5-14-15(11-13)21-19(26)20-14)22-6-2-7-23(9-8-22)18(25)16-3-1-10-27-16/h4-5,11,16H,1-3,6-10,12H2,(H2,20,21,26). The quantitative estimate of drug-likeness (QED) is 0.826. The van der Waals surface area contributed by atoms with Crippen LogP contribution in [-0.4, -0.2) is 70.5 Å². The maximum Gasteiger partial charge on any atom is 0.323 e. The van der Waals surface area contributed by atoms with Gasteiger partial charge in [-0.25, -0.2) is 4.79 Å². The minimum atomic E-state index is -0.303. The number of carbonyl (C=O) groups is 2. The molecule has 1 aromatic carbocycles. The van der Waals surface area contributed by atoms with Crippen molar-refractivity contribution in [3.63, 3.8) is 0 Å². The van der Waals surface area contributed by atoms with E-state index in [1.165, 1.54) is 0 Å². The van der Waals surface area contributed by atoms with E-state index in [2.05, 4.69) is 9.97 Å². The van der Waals surface area contributed by atoms with E-state index in [1.54, 1.807) is 6.07 Å². The summed E-state index contributed by atoms with van der Waals surface area (Å²) in [7, 11) is 0. The number of hydrogen-bond donors (Lipinski definition) is 2. The highest BCUT2D eigenvalue weighted by Gasteiger charge is 2.30. The first-order chi connectivity index (χ1) is 13.1. The summed E-state index contributed by atoms with van der Waals surface area (Å²) in [5.41, 5.74) is 2.04. The molecule has 2 N–H and O–H groups in total. The Morgan fingerprint density at radius 1 is 1.04 bits per heavy atom. The number of carbonyl (C=O) groups excluding carboxylic acids is 2. The van der Waals surface area contributed by atoms with Gasteiger partial charge in [-0.1, -0.05) is 6.07 Å². The van der Waals surface area contributed by atoms with Gasteiger partial charge >= 0.3 is 5.69 Å². The van der Waals surface area contributed by atoms with E-state index in [-0.39, 0.29) is 30.0 Å². The van der Waals surface area contributed by atoms with E-state index < -0.39 is 0 Å². The number of aromatic nitrogens is 2. The summed E-state index contributed by atoms with van der Waals surface area (Å²) in [4.78, 5) is 45.7. The molecule has 1 unspecified atom stereocenters. The minimum Gasteiger partial charge on any atom is -0.368 e. The lowest BCUT2D eigenvalue weighted by atomic mass is 10.1. The van der Waals surface area contributed by atoms with Crippen LogP contribution < -0.4 is 5.69 Å². The maximum atomic E-state index is 12.7. The van der Waals surface area contributed by atoms with Crippen LogP contribution in [0, 0.1) is 0 Å². The maximum absolute atomic E-state index is 12.7. The summed E-state index contributed by atoms with van der Waals surface area (Å²) < 4.78 is 5.50. The van der Waals surface area contributed by atoms with Gasteiger partial charge in [0, 0.05) is 32.8 Å². The Morgan fingerprint density at radius 2 is 1.81 bits per heavy atom. The number of aromatic amines is 2. The first-order valence-corrected chi connectivity index (χ1v) is 9.49. The molecule has 3 heterocycles. The second kappa shape index (κ2) is 7.56. The van der Waals surface area contributed by atoms with Crippen LogP contribution in [0.15, 0.2) is 23.0 Å². The lowest BCUT2D eigenvalue weighted by Crippen LogP contribution is -2.42. The Morgan fingerprint density at radius 3 is 2.63 bits per heavy atom. The molecule has 1 aromatic heterocycles. The molecule has 2 aromatic rings. The van der Waals surface area contributed by atoms with Gasteiger partial charge in [-0.05, 0) is 37.0 Å². The van der Waals surface area contributed by atoms with Gasteiger partial charge in [0.15, 0.2) is 0 Å². The molecular weight excluding hydrogens is 348 g/mol. The summed E-state index contributed by atoms with van der Waals surface area (Å²) in [6.07, 6.45) is 2.48. The summed E-state index contributed by atoms with van der Waals surface area (Å²) in [5, 5.41) is 0. The van der Waals surface area contributed by atoms with E-state index in [1.807, 2.05) is 21.9 Å². The third-order valence-corrected chi connectivity index (χ3v) is 5.30. The van der Waals surface area contributed by atoms with Crippen LogP contribution >= 0.6 is 0 Å². The number of H-pyrrole nitrogens is 2. The molecule has 2 fully saturated rings. The van der Waals surface area contributed by atoms with E-state index in [9.17, 15) is 14.4 Å². The van der Waals surface area contributed by atoms with Gasteiger partial charge in [0.05, 0.1) is 17.5 Å². The Hall–Kier alpha value is -2.61.